The lowest BCUT2D eigenvalue weighted by atomic mass is 10.1. The average molecular weight is 246 g/mol. The minimum atomic E-state index is 0.913. The standard InChI is InChI=1S/C14H18N2S/c1-3-9-17-14-15-11(2)13(16-14)10-12-7-5-4-6-8-12/h4-8H,3,9-10H2,1-2H3,(H,15,16). The Morgan fingerprint density at radius 1 is 1.24 bits per heavy atom. The van der Waals surface area contributed by atoms with Gasteiger partial charge in [-0.3, -0.25) is 0 Å². The maximum atomic E-state index is 4.65. The van der Waals surface area contributed by atoms with E-state index in [2.05, 4.69) is 48.1 Å². The molecule has 0 radical (unpaired) electrons. The van der Waals surface area contributed by atoms with Crippen molar-refractivity contribution < 1.29 is 0 Å². The quantitative estimate of drug-likeness (QED) is 0.813. The molecule has 0 aliphatic heterocycles. The molecule has 1 N–H and O–H groups in total. The van der Waals surface area contributed by atoms with Crippen LogP contribution in [0, 0.1) is 6.92 Å². The van der Waals surface area contributed by atoms with Crippen molar-refractivity contribution in [2.75, 3.05) is 5.75 Å². The van der Waals surface area contributed by atoms with Crippen molar-refractivity contribution in [3.05, 3.63) is 47.3 Å². The summed E-state index contributed by atoms with van der Waals surface area (Å²) in [6.45, 7) is 4.29. The van der Waals surface area contributed by atoms with Crippen molar-refractivity contribution in [1.29, 1.82) is 0 Å². The van der Waals surface area contributed by atoms with Gasteiger partial charge in [-0.05, 0) is 18.9 Å². The number of H-pyrrole nitrogens is 1. The van der Waals surface area contributed by atoms with Crippen LogP contribution in [0.1, 0.15) is 30.3 Å². The summed E-state index contributed by atoms with van der Waals surface area (Å²) in [5.74, 6) is 1.12. The molecule has 0 amide bonds. The zero-order valence-corrected chi connectivity index (χ0v) is 11.2. The molecule has 0 aliphatic rings. The van der Waals surface area contributed by atoms with Gasteiger partial charge in [0.1, 0.15) is 0 Å². The number of aromatic nitrogens is 2. The van der Waals surface area contributed by atoms with E-state index in [1.807, 2.05) is 6.07 Å². The van der Waals surface area contributed by atoms with Gasteiger partial charge < -0.3 is 4.98 Å². The summed E-state index contributed by atoms with van der Waals surface area (Å²) in [6, 6.07) is 10.5. The fourth-order valence-corrected chi connectivity index (χ4v) is 2.49. The number of nitrogens with zero attached hydrogens (tertiary/aromatic N) is 1. The molecular formula is C14H18N2S. The summed E-state index contributed by atoms with van der Waals surface area (Å²) >= 11 is 1.80. The highest BCUT2D eigenvalue weighted by molar-refractivity contribution is 7.99. The Kier molecular flexibility index (Phi) is 4.26. The molecule has 0 spiro atoms. The highest BCUT2D eigenvalue weighted by atomic mass is 32.2. The van der Waals surface area contributed by atoms with Gasteiger partial charge in [-0.25, -0.2) is 4.98 Å². The Bertz CT molecular complexity index is 462. The molecule has 17 heavy (non-hydrogen) atoms. The van der Waals surface area contributed by atoms with Gasteiger partial charge in [0.15, 0.2) is 5.16 Å². The summed E-state index contributed by atoms with van der Waals surface area (Å²) in [5.41, 5.74) is 3.66. The molecule has 0 unspecified atom stereocenters. The Labute approximate surface area is 107 Å². The van der Waals surface area contributed by atoms with Crippen LogP contribution in [0.2, 0.25) is 0 Å². The first-order valence-corrected chi connectivity index (χ1v) is 7.00. The zero-order chi connectivity index (χ0) is 12.1. The molecule has 0 bridgehead atoms. The van der Waals surface area contributed by atoms with Gasteiger partial charge in [0.2, 0.25) is 0 Å². The second-order valence-corrected chi connectivity index (χ2v) is 5.21. The highest BCUT2D eigenvalue weighted by Gasteiger charge is 2.07. The van der Waals surface area contributed by atoms with Crippen LogP contribution in [0.25, 0.3) is 0 Å². The third-order valence-corrected chi connectivity index (χ3v) is 3.70. The predicted molar refractivity (Wildman–Crippen MR) is 73.6 cm³/mol. The van der Waals surface area contributed by atoms with Gasteiger partial charge in [-0.1, -0.05) is 49.0 Å². The maximum Gasteiger partial charge on any atom is 0.165 e. The molecule has 0 fully saturated rings. The van der Waals surface area contributed by atoms with Crippen LogP contribution in [0.4, 0.5) is 0 Å². The van der Waals surface area contributed by atoms with E-state index >= 15 is 0 Å². The van der Waals surface area contributed by atoms with Crippen molar-refractivity contribution >= 4 is 11.8 Å². The smallest absolute Gasteiger partial charge is 0.165 e. The van der Waals surface area contributed by atoms with Crippen LogP contribution in [-0.2, 0) is 6.42 Å². The van der Waals surface area contributed by atoms with Gasteiger partial charge in [-0.2, -0.15) is 0 Å². The van der Waals surface area contributed by atoms with Crippen LogP contribution >= 0.6 is 11.8 Å². The Hall–Kier alpha value is -1.22. The number of thioether (sulfide) groups is 1. The molecule has 3 heteroatoms. The van der Waals surface area contributed by atoms with Crippen LogP contribution < -0.4 is 0 Å². The molecule has 0 saturated carbocycles. The molecule has 2 aromatic rings. The molecule has 0 atom stereocenters. The van der Waals surface area contributed by atoms with Gasteiger partial charge in [-0.15, -0.1) is 0 Å². The molecule has 1 aromatic carbocycles. The van der Waals surface area contributed by atoms with Gasteiger partial charge in [0, 0.05) is 17.9 Å². The van der Waals surface area contributed by atoms with E-state index in [1.54, 1.807) is 11.8 Å². The molecule has 90 valence electrons. The summed E-state index contributed by atoms with van der Waals surface area (Å²) in [7, 11) is 0. The molecule has 2 rings (SSSR count). The number of hydrogen-bond donors (Lipinski definition) is 1. The summed E-state index contributed by atoms with van der Waals surface area (Å²) in [4.78, 5) is 8.00. The lowest BCUT2D eigenvalue weighted by Gasteiger charge is -1.98. The number of benzene rings is 1. The van der Waals surface area contributed by atoms with E-state index in [0.717, 1.165) is 23.0 Å². The van der Waals surface area contributed by atoms with Crippen LogP contribution in [0.15, 0.2) is 35.5 Å². The molecular weight excluding hydrogens is 228 g/mol. The number of aryl methyl sites for hydroxylation is 1. The lowest BCUT2D eigenvalue weighted by Crippen LogP contribution is -1.90. The zero-order valence-electron chi connectivity index (χ0n) is 10.4. The van der Waals surface area contributed by atoms with Gasteiger partial charge >= 0.3 is 0 Å². The lowest BCUT2D eigenvalue weighted by molar-refractivity contribution is 1.00. The van der Waals surface area contributed by atoms with Crippen molar-refractivity contribution in [1.82, 2.24) is 9.97 Å². The number of nitrogens with one attached hydrogen (secondary N) is 1. The van der Waals surface area contributed by atoms with E-state index in [-0.39, 0.29) is 0 Å². The first-order valence-electron chi connectivity index (χ1n) is 6.01. The van der Waals surface area contributed by atoms with Crippen molar-refractivity contribution in [2.24, 2.45) is 0 Å². The van der Waals surface area contributed by atoms with Crippen LogP contribution in [-0.4, -0.2) is 15.7 Å². The topological polar surface area (TPSA) is 28.7 Å². The molecule has 1 aromatic heterocycles. The number of imidazole rings is 1. The second-order valence-electron chi connectivity index (χ2n) is 4.12. The second kappa shape index (κ2) is 5.92. The fraction of sp³-hybridized carbons (Fsp3) is 0.357. The molecule has 0 saturated heterocycles. The summed E-state index contributed by atoms with van der Waals surface area (Å²) in [6.07, 6.45) is 2.09. The van der Waals surface area contributed by atoms with Crippen LogP contribution in [0.5, 0.6) is 0 Å². The molecule has 2 nitrogen and oxygen atoms in total. The van der Waals surface area contributed by atoms with E-state index in [0.29, 0.717) is 0 Å². The third kappa shape index (κ3) is 3.37. The van der Waals surface area contributed by atoms with E-state index in [4.69, 9.17) is 0 Å². The van der Waals surface area contributed by atoms with Gasteiger partial charge in [0.25, 0.3) is 0 Å². The highest BCUT2D eigenvalue weighted by Crippen LogP contribution is 2.19. The largest absolute Gasteiger partial charge is 0.337 e. The Morgan fingerprint density at radius 2 is 2.00 bits per heavy atom. The first kappa shape index (κ1) is 12.2. The molecule has 1 heterocycles. The van der Waals surface area contributed by atoms with Crippen molar-refractivity contribution in [3.8, 4) is 0 Å². The summed E-state index contributed by atoms with van der Waals surface area (Å²) in [5, 5.41) is 1.05. The van der Waals surface area contributed by atoms with E-state index in [9.17, 15) is 0 Å². The SMILES string of the molecule is CCCSc1nc(Cc2ccccc2)c(C)[nH]1. The minimum Gasteiger partial charge on any atom is -0.337 e. The van der Waals surface area contributed by atoms with Crippen molar-refractivity contribution in [3.63, 3.8) is 0 Å². The normalized spacial score (nSPS) is 10.7. The van der Waals surface area contributed by atoms with Crippen LogP contribution in [0.3, 0.4) is 0 Å². The fourth-order valence-electron chi connectivity index (χ4n) is 1.70. The summed E-state index contributed by atoms with van der Waals surface area (Å²) < 4.78 is 0. The minimum absolute atomic E-state index is 0.913. The van der Waals surface area contributed by atoms with Crippen molar-refractivity contribution in [2.45, 2.75) is 31.8 Å². The number of aromatic amines is 1. The predicted octanol–water partition coefficient (Wildman–Crippen LogP) is 3.81. The van der Waals surface area contributed by atoms with E-state index in [1.165, 1.54) is 17.7 Å². The molecule has 0 aliphatic carbocycles. The Balaban J connectivity index is 2.08. The van der Waals surface area contributed by atoms with E-state index < -0.39 is 0 Å². The maximum absolute atomic E-state index is 4.65. The average Bonchev–Trinajstić information content (AvgIpc) is 2.69. The monoisotopic (exact) mass is 246 g/mol. The number of rotatable bonds is 5. The first-order chi connectivity index (χ1) is 8.29. The Morgan fingerprint density at radius 3 is 2.71 bits per heavy atom. The third-order valence-electron chi connectivity index (χ3n) is 2.62. The number of hydrogen-bond acceptors (Lipinski definition) is 2. The van der Waals surface area contributed by atoms with Gasteiger partial charge in [0.05, 0.1) is 5.69 Å².